The second kappa shape index (κ2) is 17.7. The molecule has 0 amide bonds. The maximum absolute atomic E-state index is 11.6. The molecule has 0 aliphatic carbocycles. The van der Waals surface area contributed by atoms with Gasteiger partial charge in [0.15, 0.2) is 6.10 Å². The summed E-state index contributed by atoms with van der Waals surface area (Å²) >= 11 is 0. The average Bonchev–Trinajstić information content (AvgIpc) is 2.53. The van der Waals surface area contributed by atoms with Crippen LogP contribution in [0, 0.1) is 0 Å². The first-order valence-electron chi connectivity index (χ1n) is 9.19. The van der Waals surface area contributed by atoms with Crippen molar-refractivity contribution in [1.29, 1.82) is 0 Å². The van der Waals surface area contributed by atoms with Crippen LogP contribution in [0.15, 0.2) is 0 Å². The normalized spacial score (nSPS) is 12.3. The fraction of sp³-hybridized carbons (Fsp3) is 0.944. The van der Waals surface area contributed by atoms with Gasteiger partial charge in [-0.25, -0.2) is 4.89 Å². The number of methoxy groups -OCH3 is 1. The standard InChI is InChI=1S/C18H36O5/c1-3-4-5-6-7-8-9-10-11-12-13-14-18(19)23-17(15-21-2)16-22-20/h17,20H,3-16H2,1-2H3. The number of carbonyl (C=O) groups is 1. The van der Waals surface area contributed by atoms with Crippen molar-refractivity contribution in [2.24, 2.45) is 0 Å². The fourth-order valence-corrected chi connectivity index (χ4v) is 2.56. The van der Waals surface area contributed by atoms with Crippen molar-refractivity contribution in [2.75, 3.05) is 20.3 Å². The molecule has 0 bridgehead atoms. The Labute approximate surface area is 141 Å². The second-order valence-electron chi connectivity index (χ2n) is 6.15. The Balaban J connectivity index is 3.37. The van der Waals surface area contributed by atoms with E-state index in [2.05, 4.69) is 11.8 Å². The molecule has 5 heteroatoms. The highest BCUT2D eigenvalue weighted by Crippen LogP contribution is 2.12. The van der Waals surface area contributed by atoms with Crippen LogP contribution in [0.1, 0.15) is 84.0 Å². The fourth-order valence-electron chi connectivity index (χ4n) is 2.56. The van der Waals surface area contributed by atoms with Crippen LogP contribution in [0.3, 0.4) is 0 Å². The van der Waals surface area contributed by atoms with Gasteiger partial charge in [0.1, 0.15) is 6.61 Å². The van der Waals surface area contributed by atoms with E-state index in [1.54, 1.807) is 0 Å². The van der Waals surface area contributed by atoms with Crippen molar-refractivity contribution in [3.05, 3.63) is 0 Å². The van der Waals surface area contributed by atoms with E-state index in [1.807, 2.05) is 0 Å². The van der Waals surface area contributed by atoms with Gasteiger partial charge in [0.05, 0.1) is 6.61 Å². The number of unbranched alkanes of at least 4 members (excludes halogenated alkanes) is 10. The van der Waals surface area contributed by atoms with E-state index < -0.39 is 6.10 Å². The van der Waals surface area contributed by atoms with Crippen LogP contribution < -0.4 is 0 Å². The molecule has 5 nitrogen and oxygen atoms in total. The predicted molar refractivity (Wildman–Crippen MR) is 91.4 cm³/mol. The molecule has 1 atom stereocenters. The Bertz CT molecular complexity index is 252. The van der Waals surface area contributed by atoms with Gasteiger partial charge in [0.2, 0.25) is 0 Å². The molecular formula is C18H36O5. The third-order valence-electron chi connectivity index (χ3n) is 3.90. The van der Waals surface area contributed by atoms with Crippen molar-refractivity contribution in [3.8, 4) is 0 Å². The van der Waals surface area contributed by atoms with Gasteiger partial charge in [-0.15, -0.1) is 0 Å². The summed E-state index contributed by atoms with van der Waals surface area (Å²) in [5.74, 6) is -0.250. The van der Waals surface area contributed by atoms with Crippen LogP contribution in [0.25, 0.3) is 0 Å². The third-order valence-corrected chi connectivity index (χ3v) is 3.90. The lowest BCUT2D eigenvalue weighted by Gasteiger charge is -2.15. The summed E-state index contributed by atoms with van der Waals surface area (Å²) in [5.41, 5.74) is 0. The van der Waals surface area contributed by atoms with Gasteiger partial charge in [0, 0.05) is 13.5 Å². The first-order chi connectivity index (χ1) is 11.2. The molecule has 0 fully saturated rings. The summed E-state index contributed by atoms with van der Waals surface area (Å²) in [4.78, 5) is 15.7. The van der Waals surface area contributed by atoms with Crippen molar-refractivity contribution < 1.29 is 24.4 Å². The second-order valence-corrected chi connectivity index (χ2v) is 6.15. The molecule has 0 aliphatic heterocycles. The number of hydrogen-bond acceptors (Lipinski definition) is 5. The lowest BCUT2D eigenvalue weighted by molar-refractivity contribution is -0.261. The van der Waals surface area contributed by atoms with E-state index >= 15 is 0 Å². The van der Waals surface area contributed by atoms with Crippen LogP contribution in [0.5, 0.6) is 0 Å². The number of esters is 1. The molecule has 0 radical (unpaired) electrons. The van der Waals surface area contributed by atoms with E-state index in [-0.39, 0.29) is 19.2 Å². The number of ether oxygens (including phenoxy) is 2. The Hall–Kier alpha value is -0.650. The summed E-state index contributed by atoms with van der Waals surface area (Å²) in [7, 11) is 1.52. The number of rotatable bonds is 17. The molecule has 0 spiro atoms. The van der Waals surface area contributed by atoms with Crippen LogP contribution in [-0.2, 0) is 19.2 Å². The summed E-state index contributed by atoms with van der Waals surface area (Å²) < 4.78 is 10.1. The van der Waals surface area contributed by atoms with E-state index in [4.69, 9.17) is 14.7 Å². The first kappa shape index (κ1) is 22.4. The van der Waals surface area contributed by atoms with Crippen LogP contribution >= 0.6 is 0 Å². The lowest BCUT2D eigenvalue weighted by atomic mass is 10.1. The summed E-state index contributed by atoms with van der Waals surface area (Å²) in [6.45, 7) is 2.41. The Morgan fingerprint density at radius 1 is 0.870 bits per heavy atom. The van der Waals surface area contributed by atoms with Crippen LogP contribution in [0.2, 0.25) is 0 Å². The minimum Gasteiger partial charge on any atom is -0.457 e. The zero-order valence-electron chi connectivity index (χ0n) is 15.1. The van der Waals surface area contributed by atoms with E-state index in [1.165, 1.54) is 64.9 Å². The smallest absolute Gasteiger partial charge is 0.306 e. The van der Waals surface area contributed by atoms with Gasteiger partial charge < -0.3 is 9.47 Å². The molecule has 1 N–H and O–H groups in total. The lowest BCUT2D eigenvalue weighted by Crippen LogP contribution is -2.27. The molecule has 0 aromatic rings. The van der Waals surface area contributed by atoms with E-state index in [0.29, 0.717) is 6.42 Å². The van der Waals surface area contributed by atoms with Gasteiger partial charge in [-0.3, -0.25) is 10.1 Å². The number of carbonyl (C=O) groups excluding carboxylic acids is 1. The van der Waals surface area contributed by atoms with Gasteiger partial charge in [-0.2, -0.15) is 0 Å². The Morgan fingerprint density at radius 2 is 1.39 bits per heavy atom. The van der Waals surface area contributed by atoms with Crippen molar-refractivity contribution in [2.45, 2.75) is 90.1 Å². The largest absolute Gasteiger partial charge is 0.457 e. The predicted octanol–water partition coefficient (Wildman–Crippen LogP) is 4.74. The molecule has 0 aromatic carbocycles. The van der Waals surface area contributed by atoms with Gasteiger partial charge in [-0.1, -0.05) is 71.1 Å². The molecule has 0 aliphatic rings. The minimum atomic E-state index is -0.537. The molecule has 23 heavy (non-hydrogen) atoms. The first-order valence-corrected chi connectivity index (χ1v) is 9.19. The van der Waals surface area contributed by atoms with Crippen molar-refractivity contribution in [3.63, 3.8) is 0 Å². The summed E-state index contributed by atoms with van der Waals surface area (Å²) in [6, 6.07) is 0. The highest BCUT2D eigenvalue weighted by atomic mass is 17.1. The topological polar surface area (TPSA) is 65.0 Å². The minimum absolute atomic E-state index is 0.0577. The van der Waals surface area contributed by atoms with Crippen molar-refractivity contribution >= 4 is 5.97 Å². The molecule has 0 saturated carbocycles. The highest BCUT2D eigenvalue weighted by Gasteiger charge is 2.14. The zero-order chi connectivity index (χ0) is 17.2. The van der Waals surface area contributed by atoms with Crippen LogP contribution in [0.4, 0.5) is 0 Å². The van der Waals surface area contributed by atoms with Crippen LogP contribution in [-0.4, -0.2) is 37.7 Å². The monoisotopic (exact) mass is 332 g/mol. The zero-order valence-corrected chi connectivity index (χ0v) is 15.1. The highest BCUT2D eigenvalue weighted by molar-refractivity contribution is 5.69. The molecule has 138 valence electrons. The molecule has 0 saturated heterocycles. The quantitative estimate of drug-likeness (QED) is 0.180. The molecule has 1 unspecified atom stereocenters. The maximum Gasteiger partial charge on any atom is 0.306 e. The molecule has 0 aromatic heterocycles. The Morgan fingerprint density at radius 3 is 1.87 bits per heavy atom. The van der Waals surface area contributed by atoms with Gasteiger partial charge >= 0.3 is 5.97 Å². The summed E-state index contributed by atoms with van der Waals surface area (Å²) in [5, 5.41) is 8.41. The van der Waals surface area contributed by atoms with Crippen molar-refractivity contribution in [1.82, 2.24) is 0 Å². The third kappa shape index (κ3) is 16.0. The van der Waals surface area contributed by atoms with E-state index in [0.717, 1.165) is 12.8 Å². The SMILES string of the molecule is CCCCCCCCCCCCCC(=O)OC(COC)COO. The van der Waals surface area contributed by atoms with Gasteiger partial charge in [-0.05, 0) is 6.42 Å². The Kier molecular flexibility index (Phi) is 17.2. The maximum atomic E-state index is 11.6. The molecular weight excluding hydrogens is 296 g/mol. The average molecular weight is 332 g/mol. The summed E-state index contributed by atoms with van der Waals surface area (Å²) in [6.07, 6.45) is 13.7. The van der Waals surface area contributed by atoms with E-state index in [9.17, 15) is 4.79 Å². The van der Waals surface area contributed by atoms with Gasteiger partial charge in [0.25, 0.3) is 0 Å². The number of hydrogen-bond donors (Lipinski definition) is 1. The molecule has 0 rings (SSSR count). The molecule has 0 heterocycles.